The van der Waals surface area contributed by atoms with Crippen LogP contribution in [0.15, 0.2) is 0 Å². The number of aromatic amines is 1. The van der Waals surface area contributed by atoms with E-state index in [4.69, 9.17) is 14.7 Å². The van der Waals surface area contributed by atoms with Crippen molar-refractivity contribution in [3.63, 3.8) is 0 Å². The predicted octanol–water partition coefficient (Wildman–Crippen LogP) is 1.09. The summed E-state index contributed by atoms with van der Waals surface area (Å²) in [6.45, 7) is 7.59. The molecule has 1 aromatic rings. The highest BCUT2D eigenvalue weighted by atomic mass is 16.7. The Balaban J connectivity index is 2.13. The van der Waals surface area contributed by atoms with E-state index in [-0.39, 0.29) is 18.8 Å². The number of ether oxygens (including phenoxy) is 1. The van der Waals surface area contributed by atoms with Crippen molar-refractivity contribution in [3.8, 4) is 0 Å². The van der Waals surface area contributed by atoms with Crippen LogP contribution in [0.4, 0.5) is 4.79 Å². The summed E-state index contributed by atoms with van der Waals surface area (Å²) in [5.74, 6) is -0.417. The van der Waals surface area contributed by atoms with E-state index in [1.807, 2.05) is 20.8 Å². The Kier molecular flexibility index (Phi) is 5.69. The lowest BCUT2D eigenvalue weighted by molar-refractivity contribution is -0.153. The third-order valence-corrected chi connectivity index (χ3v) is 3.67. The molecule has 140 valence electrons. The van der Waals surface area contributed by atoms with E-state index < -0.39 is 23.7 Å². The molecule has 1 unspecified atom stereocenters. The van der Waals surface area contributed by atoms with Gasteiger partial charge in [0.2, 0.25) is 0 Å². The first-order valence-electron chi connectivity index (χ1n) is 8.22. The van der Waals surface area contributed by atoms with E-state index >= 15 is 0 Å². The van der Waals surface area contributed by atoms with Gasteiger partial charge in [-0.2, -0.15) is 5.10 Å². The van der Waals surface area contributed by atoms with Gasteiger partial charge in [0.25, 0.3) is 5.91 Å². The minimum absolute atomic E-state index is 0.203. The molecule has 1 aliphatic rings. The molecule has 25 heavy (non-hydrogen) atoms. The van der Waals surface area contributed by atoms with Crippen LogP contribution in [-0.4, -0.2) is 69.2 Å². The van der Waals surface area contributed by atoms with Gasteiger partial charge in [-0.3, -0.25) is 14.7 Å². The van der Waals surface area contributed by atoms with Gasteiger partial charge in [-0.25, -0.2) is 9.86 Å². The Morgan fingerprint density at radius 3 is 2.72 bits per heavy atom. The summed E-state index contributed by atoms with van der Waals surface area (Å²) in [4.78, 5) is 31.7. The molecule has 9 heteroatoms. The lowest BCUT2D eigenvalue weighted by Gasteiger charge is -2.30. The Labute approximate surface area is 146 Å². The zero-order chi connectivity index (χ0) is 18.8. The molecule has 0 aromatic carbocycles. The molecule has 1 aliphatic heterocycles. The van der Waals surface area contributed by atoms with Crippen LogP contribution >= 0.6 is 0 Å². The lowest BCUT2D eigenvalue weighted by Crippen LogP contribution is -2.40. The number of amides is 2. The second kappa shape index (κ2) is 7.40. The normalized spacial score (nSPS) is 15.5. The summed E-state index contributed by atoms with van der Waals surface area (Å²) in [5, 5.41) is 17.0. The fourth-order valence-electron chi connectivity index (χ4n) is 2.46. The molecule has 1 aromatic heterocycles. The molecule has 0 aliphatic carbocycles. The molecular weight excluding hydrogens is 328 g/mol. The van der Waals surface area contributed by atoms with Crippen LogP contribution in [0.2, 0.25) is 0 Å². The molecular formula is C16H26N4O5. The molecule has 2 amide bonds. The Hall–Kier alpha value is -2.13. The first kappa shape index (κ1) is 19.2. The zero-order valence-corrected chi connectivity index (χ0v) is 15.3. The SMILES string of the molecule is CC(CO)ON(C)C(=O)c1[nH]nc2c1CN(C(=O)OC(C)(C)C)CC2. The summed E-state index contributed by atoms with van der Waals surface area (Å²) in [5.41, 5.74) is 1.11. The quantitative estimate of drug-likeness (QED) is 0.784. The molecule has 2 rings (SSSR count). The summed E-state index contributed by atoms with van der Waals surface area (Å²) in [6.07, 6.45) is -0.391. The molecule has 0 saturated heterocycles. The molecule has 2 heterocycles. The van der Waals surface area contributed by atoms with Crippen molar-refractivity contribution in [3.05, 3.63) is 17.0 Å². The van der Waals surface area contributed by atoms with Crippen LogP contribution in [-0.2, 0) is 22.5 Å². The minimum Gasteiger partial charge on any atom is -0.444 e. The first-order valence-corrected chi connectivity index (χ1v) is 8.22. The van der Waals surface area contributed by atoms with Gasteiger partial charge >= 0.3 is 6.09 Å². The molecule has 1 atom stereocenters. The summed E-state index contributed by atoms with van der Waals surface area (Å²) < 4.78 is 5.39. The number of nitrogens with one attached hydrogen (secondary N) is 1. The Bertz CT molecular complexity index is 637. The summed E-state index contributed by atoms with van der Waals surface area (Å²) >= 11 is 0. The fraction of sp³-hybridized carbons (Fsp3) is 0.688. The van der Waals surface area contributed by atoms with Crippen LogP contribution in [0.3, 0.4) is 0 Å². The molecule has 0 saturated carbocycles. The van der Waals surface area contributed by atoms with Crippen LogP contribution in [0.5, 0.6) is 0 Å². The Morgan fingerprint density at radius 1 is 1.44 bits per heavy atom. The van der Waals surface area contributed by atoms with Gasteiger partial charge in [0.15, 0.2) is 0 Å². The van der Waals surface area contributed by atoms with Gasteiger partial charge in [-0.05, 0) is 27.7 Å². The molecule has 0 bridgehead atoms. The number of hydroxylamine groups is 2. The van der Waals surface area contributed by atoms with Gasteiger partial charge in [-0.15, -0.1) is 0 Å². The number of fused-ring (bicyclic) bond motifs is 1. The minimum atomic E-state index is -0.582. The van der Waals surface area contributed by atoms with Crippen molar-refractivity contribution in [2.75, 3.05) is 20.2 Å². The van der Waals surface area contributed by atoms with E-state index in [2.05, 4.69) is 10.2 Å². The van der Waals surface area contributed by atoms with Gasteiger partial charge in [0.1, 0.15) is 17.4 Å². The van der Waals surface area contributed by atoms with Crippen LogP contribution in [0, 0.1) is 0 Å². The highest BCUT2D eigenvalue weighted by Crippen LogP contribution is 2.23. The summed E-state index contributed by atoms with van der Waals surface area (Å²) in [7, 11) is 1.47. The van der Waals surface area contributed by atoms with Gasteiger partial charge in [0, 0.05) is 25.6 Å². The molecule has 0 spiro atoms. The van der Waals surface area contributed by atoms with Crippen LogP contribution in [0.25, 0.3) is 0 Å². The van der Waals surface area contributed by atoms with Gasteiger partial charge < -0.3 is 14.7 Å². The van der Waals surface area contributed by atoms with E-state index in [0.717, 1.165) is 10.8 Å². The number of rotatable bonds is 4. The maximum Gasteiger partial charge on any atom is 0.410 e. The fourth-order valence-corrected chi connectivity index (χ4v) is 2.46. The van der Waals surface area contributed by atoms with E-state index in [1.54, 1.807) is 11.8 Å². The van der Waals surface area contributed by atoms with E-state index in [9.17, 15) is 9.59 Å². The van der Waals surface area contributed by atoms with E-state index in [1.165, 1.54) is 7.05 Å². The second-order valence-corrected chi connectivity index (χ2v) is 7.08. The number of nitrogens with zero attached hydrogens (tertiary/aromatic N) is 3. The molecule has 9 nitrogen and oxygen atoms in total. The molecule has 0 fully saturated rings. The number of hydrogen-bond acceptors (Lipinski definition) is 6. The van der Waals surface area contributed by atoms with Crippen molar-refractivity contribution in [1.82, 2.24) is 20.2 Å². The predicted molar refractivity (Wildman–Crippen MR) is 88.7 cm³/mol. The van der Waals surface area contributed by atoms with Gasteiger partial charge in [0.05, 0.1) is 18.8 Å². The maximum atomic E-state index is 12.5. The number of carbonyl (C=O) groups excluding carboxylic acids is 2. The van der Waals surface area contributed by atoms with Crippen LogP contribution < -0.4 is 0 Å². The van der Waals surface area contributed by atoms with Crippen molar-refractivity contribution in [2.45, 2.75) is 52.4 Å². The highest BCUT2D eigenvalue weighted by Gasteiger charge is 2.31. The van der Waals surface area contributed by atoms with Crippen molar-refractivity contribution < 1.29 is 24.3 Å². The number of aliphatic hydroxyl groups excluding tert-OH is 1. The maximum absolute atomic E-state index is 12.5. The van der Waals surface area contributed by atoms with Crippen LogP contribution in [0.1, 0.15) is 49.4 Å². The Morgan fingerprint density at radius 2 is 2.12 bits per heavy atom. The van der Waals surface area contributed by atoms with E-state index in [0.29, 0.717) is 18.5 Å². The number of hydrogen-bond donors (Lipinski definition) is 2. The van der Waals surface area contributed by atoms with Crippen molar-refractivity contribution in [1.29, 1.82) is 0 Å². The zero-order valence-electron chi connectivity index (χ0n) is 15.3. The number of carbonyl (C=O) groups is 2. The smallest absolute Gasteiger partial charge is 0.410 e. The highest BCUT2D eigenvalue weighted by molar-refractivity contribution is 5.93. The van der Waals surface area contributed by atoms with Crippen molar-refractivity contribution in [2.24, 2.45) is 0 Å². The average Bonchev–Trinajstić information content (AvgIpc) is 2.95. The summed E-state index contributed by atoms with van der Waals surface area (Å²) in [6, 6.07) is 0. The van der Waals surface area contributed by atoms with Gasteiger partial charge in [-0.1, -0.05) is 0 Å². The third-order valence-electron chi connectivity index (χ3n) is 3.67. The largest absolute Gasteiger partial charge is 0.444 e. The number of aliphatic hydroxyl groups is 1. The monoisotopic (exact) mass is 354 g/mol. The molecule has 2 N–H and O–H groups in total. The number of H-pyrrole nitrogens is 1. The average molecular weight is 354 g/mol. The molecule has 0 radical (unpaired) electrons. The lowest BCUT2D eigenvalue weighted by atomic mass is 10.1. The second-order valence-electron chi connectivity index (χ2n) is 7.08. The van der Waals surface area contributed by atoms with Crippen molar-refractivity contribution >= 4 is 12.0 Å². The topological polar surface area (TPSA) is 108 Å². The third kappa shape index (κ3) is 4.70. The standard InChI is InChI=1S/C16H26N4O5/c1-10(9-21)25-19(5)14(22)13-11-8-20(7-6-12(11)17-18-13)15(23)24-16(2,3)4/h10,21H,6-9H2,1-5H3,(H,17,18). The number of aromatic nitrogens is 2. The first-order chi connectivity index (χ1) is 11.6.